The minimum atomic E-state index is -0.355. The fraction of sp³-hybridized carbons (Fsp3) is 0.286. The number of aromatic amines is 1. The second-order valence-corrected chi connectivity index (χ2v) is 4.79. The van der Waals surface area contributed by atoms with Crippen LogP contribution in [0.4, 0.5) is 0 Å². The molecule has 2 aromatic rings. The molecule has 0 aliphatic heterocycles. The van der Waals surface area contributed by atoms with Gasteiger partial charge in [-0.2, -0.15) is 0 Å². The molecule has 0 spiro atoms. The van der Waals surface area contributed by atoms with Gasteiger partial charge in [0.05, 0.1) is 12.7 Å². The average Bonchev–Trinajstić information content (AvgIpc) is 2.76. The van der Waals surface area contributed by atoms with E-state index in [1.54, 1.807) is 6.07 Å². The van der Waals surface area contributed by atoms with Crippen molar-refractivity contribution in [1.29, 1.82) is 0 Å². The maximum absolute atomic E-state index is 11.6. The van der Waals surface area contributed by atoms with E-state index in [1.165, 1.54) is 7.11 Å². The van der Waals surface area contributed by atoms with Crippen LogP contribution >= 0.6 is 11.6 Å². The number of hydrogen-bond acceptors (Lipinski definition) is 3. The molecule has 1 aromatic heterocycles. The molecule has 5 heteroatoms. The van der Waals surface area contributed by atoms with Gasteiger partial charge in [-0.25, -0.2) is 4.79 Å². The Morgan fingerprint density at radius 1 is 1.37 bits per heavy atom. The molecular formula is C14H14ClNO3. The molecule has 0 bridgehead atoms. The maximum Gasteiger partial charge on any atom is 0.338 e. The number of fused-ring (bicyclic) bond motifs is 1. The van der Waals surface area contributed by atoms with Crippen molar-refractivity contribution in [2.24, 2.45) is 0 Å². The van der Waals surface area contributed by atoms with Crippen LogP contribution in [0.3, 0.4) is 0 Å². The van der Waals surface area contributed by atoms with Crippen LogP contribution in [0, 0.1) is 6.92 Å². The Kier molecular flexibility index (Phi) is 3.90. The first-order valence-electron chi connectivity index (χ1n) is 5.90. The number of halogens is 1. The first-order valence-corrected chi connectivity index (χ1v) is 6.28. The summed E-state index contributed by atoms with van der Waals surface area (Å²) < 4.78 is 4.74. The van der Waals surface area contributed by atoms with Crippen molar-refractivity contribution in [3.8, 4) is 0 Å². The molecule has 100 valence electrons. The number of carbonyl (C=O) groups is 2. The number of aryl methyl sites for hydroxylation is 2. The summed E-state index contributed by atoms with van der Waals surface area (Å²) in [6.45, 7) is 1.86. The zero-order valence-corrected chi connectivity index (χ0v) is 11.5. The third-order valence-electron chi connectivity index (χ3n) is 3.11. The van der Waals surface area contributed by atoms with Crippen molar-refractivity contribution in [1.82, 2.24) is 4.98 Å². The molecule has 19 heavy (non-hydrogen) atoms. The highest BCUT2D eigenvalue weighted by molar-refractivity contribution is 6.63. The van der Waals surface area contributed by atoms with Crippen LogP contribution in [0.2, 0.25) is 0 Å². The molecule has 0 aliphatic rings. The number of hydrogen-bond donors (Lipinski definition) is 1. The Morgan fingerprint density at radius 2 is 2.11 bits per heavy atom. The largest absolute Gasteiger partial charge is 0.465 e. The van der Waals surface area contributed by atoms with Crippen molar-refractivity contribution in [3.05, 3.63) is 35.0 Å². The van der Waals surface area contributed by atoms with E-state index < -0.39 is 0 Å². The zero-order valence-electron chi connectivity index (χ0n) is 10.7. The van der Waals surface area contributed by atoms with E-state index >= 15 is 0 Å². The minimum absolute atomic E-state index is 0.298. The average molecular weight is 280 g/mol. The van der Waals surface area contributed by atoms with E-state index in [2.05, 4.69) is 4.98 Å². The number of carbonyl (C=O) groups excluding carboxylic acids is 2. The molecule has 2 rings (SSSR count). The maximum atomic E-state index is 11.6. The van der Waals surface area contributed by atoms with E-state index in [1.807, 2.05) is 19.2 Å². The highest BCUT2D eigenvalue weighted by atomic mass is 35.5. The third kappa shape index (κ3) is 2.79. The van der Waals surface area contributed by atoms with Gasteiger partial charge in [0.25, 0.3) is 0 Å². The van der Waals surface area contributed by atoms with Crippen molar-refractivity contribution >= 4 is 33.7 Å². The molecule has 0 saturated heterocycles. The summed E-state index contributed by atoms with van der Waals surface area (Å²) in [7, 11) is 1.36. The third-order valence-corrected chi connectivity index (χ3v) is 3.30. The fourth-order valence-electron chi connectivity index (χ4n) is 2.11. The SMILES string of the molecule is COC(=O)c1cc2[nH]cc(CCC(=O)Cl)c2cc1C. The van der Waals surface area contributed by atoms with Gasteiger partial charge in [0, 0.05) is 23.5 Å². The quantitative estimate of drug-likeness (QED) is 0.691. The number of aromatic nitrogens is 1. The lowest BCUT2D eigenvalue weighted by atomic mass is 10.0. The normalized spacial score (nSPS) is 10.7. The Hall–Kier alpha value is -1.81. The molecule has 0 saturated carbocycles. The van der Waals surface area contributed by atoms with Crippen LogP contribution in [0.1, 0.15) is 27.9 Å². The van der Waals surface area contributed by atoms with E-state index in [4.69, 9.17) is 16.3 Å². The lowest BCUT2D eigenvalue weighted by molar-refractivity contribution is -0.111. The molecule has 4 nitrogen and oxygen atoms in total. The lowest BCUT2D eigenvalue weighted by Crippen LogP contribution is -2.03. The Bertz CT molecular complexity index is 645. The molecule has 0 atom stereocenters. The van der Waals surface area contributed by atoms with E-state index in [-0.39, 0.29) is 11.2 Å². The molecule has 1 aromatic carbocycles. The van der Waals surface area contributed by atoms with E-state index in [0.29, 0.717) is 18.4 Å². The van der Waals surface area contributed by atoms with Crippen molar-refractivity contribution in [2.75, 3.05) is 7.11 Å². The van der Waals surface area contributed by atoms with Crippen molar-refractivity contribution in [3.63, 3.8) is 0 Å². The van der Waals surface area contributed by atoms with Crippen LogP contribution in [0.25, 0.3) is 10.9 Å². The van der Waals surface area contributed by atoms with Crippen molar-refractivity contribution < 1.29 is 14.3 Å². The number of rotatable bonds is 4. The number of methoxy groups -OCH3 is 1. The topological polar surface area (TPSA) is 59.2 Å². The summed E-state index contributed by atoms with van der Waals surface area (Å²) in [5, 5.41) is 0.653. The van der Waals surface area contributed by atoms with Gasteiger partial charge in [-0.3, -0.25) is 4.79 Å². The highest BCUT2D eigenvalue weighted by Crippen LogP contribution is 2.24. The molecule has 0 fully saturated rings. The Labute approximate surface area is 115 Å². The Morgan fingerprint density at radius 3 is 2.74 bits per heavy atom. The summed E-state index contributed by atoms with van der Waals surface area (Å²) in [4.78, 5) is 25.5. The fourth-order valence-corrected chi connectivity index (χ4v) is 2.20. The van der Waals surface area contributed by atoms with Gasteiger partial charge in [0.2, 0.25) is 5.24 Å². The molecule has 0 radical (unpaired) electrons. The molecule has 0 amide bonds. The highest BCUT2D eigenvalue weighted by Gasteiger charge is 2.13. The summed E-state index contributed by atoms with van der Waals surface area (Å²) >= 11 is 5.35. The molecule has 1 heterocycles. The zero-order chi connectivity index (χ0) is 14.0. The number of ether oxygens (including phenoxy) is 1. The Balaban J connectivity index is 2.42. The van der Waals surface area contributed by atoms with E-state index in [9.17, 15) is 9.59 Å². The number of benzene rings is 1. The molecular weight excluding hydrogens is 266 g/mol. The first kappa shape index (κ1) is 13.6. The number of H-pyrrole nitrogens is 1. The van der Waals surface area contributed by atoms with Crippen LogP contribution < -0.4 is 0 Å². The minimum Gasteiger partial charge on any atom is -0.465 e. The predicted molar refractivity (Wildman–Crippen MR) is 73.6 cm³/mol. The second kappa shape index (κ2) is 5.45. The molecule has 0 unspecified atom stereocenters. The standard InChI is InChI=1S/C14H14ClNO3/c1-8-5-11-9(3-4-13(15)17)7-16-12(11)6-10(8)14(18)19-2/h5-7,16H,3-4H2,1-2H3. The molecule has 1 N–H and O–H groups in total. The monoisotopic (exact) mass is 279 g/mol. The van der Waals surface area contributed by atoms with Crippen LogP contribution in [-0.2, 0) is 16.0 Å². The number of esters is 1. The van der Waals surface area contributed by atoms with Crippen LogP contribution in [-0.4, -0.2) is 23.3 Å². The predicted octanol–water partition coefficient (Wildman–Crippen LogP) is 2.96. The molecule has 0 aliphatic carbocycles. The summed E-state index contributed by atoms with van der Waals surface area (Å²) in [6, 6.07) is 3.69. The van der Waals surface area contributed by atoms with Gasteiger partial charge in [-0.15, -0.1) is 0 Å². The number of nitrogens with one attached hydrogen (secondary N) is 1. The smallest absolute Gasteiger partial charge is 0.338 e. The van der Waals surface area contributed by atoms with Gasteiger partial charge >= 0.3 is 5.97 Å². The first-order chi connectivity index (χ1) is 9.02. The van der Waals surface area contributed by atoms with Gasteiger partial charge in [-0.05, 0) is 48.2 Å². The van der Waals surface area contributed by atoms with Crippen molar-refractivity contribution in [2.45, 2.75) is 19.8 Å². The van der Waals surface area contributed by atoms with Crippen LogP contribution in [0.15, 0.2) is 18.3 Å². The lowest BCUT2D eigenvalue weighted by Gasteiger charge is -2.05. The summed E-state index contributed by atoms with van der Waals surface area (Å²) in [6.07, 6.45) is 2.72. The van der Waals surface area contributed by atoms with Gasteiger partial charge in [-0.1, -0.05) is 0 Å². The van der Waals surface area contributed by atoms with Gasteiger partial charge < -0.3 is 9.72 Å². The second-order valence-electron chi connectivity index (χ2n) is 4.37. The van der Waals surface area contributed by atoms with E-state index in [0.717, 1.165) is 22.0 Å². The van der Waals surface area contributed by atoms with Gasteiger partial charge in [0.15, 0.2) is 0 Å². The summed E-state index contributed by atoms with van der Waals surface area (Å²) in [5.41, 5.74) is 3.25. The summed E-state index contributed by atoms with van der Waals surface area (Å²) in [5.74, 6) is -0.355. The van der Waals surface area contributed by atoms with Crippen LogP contribution in [0.5, 0.6) is 0 Å². The van der Waals surface area contributed by atoms with Gasteiger partial charge in [0.1, 0.15) is 0 Å².